The van der Waals surface area contributed by atoms with Crippen molar-refractivity contribution in [3.63, 3.8) is 0 Å². The zero-order chi connectivity index (χ0) is 20.4. The second kappa shape index (κ2) is 11.5. The summed E-state index contributed by atoms with van der Waals surface area (Å²) in [6.07, 6.45) is -0.562. The fourth-order valence-corrected chi connectivity index (χ4v) is 2.91. The minimum atomic E-state index is -0.562. The van der Waals surface area contributed by atoms with Gasteiger partial charge < -0.3 is 24.1 Å². The van der Waals surface area contributed by atoms with Crippen LogP contribution in [0, 0.1) is 0 Å². The van der Waals surface area contributed by atoms with E-state index < -0.39 is 6.10 Å². The van der Waals surface area contributed by atoms with E-state index in [1.807, 2.05) is 56.4 Å². The molecule has 0 spiro atoms. The van der Waals surface area contributed by atoms with Crippen molar-refractivity contribution in [1.82, 2.24) is 4.90 Å². The van der Waals surface area contributed by atoms with Crippen LogP contribution in [-0.2, 0) is 17.9 Å². The molecule has 0 aliphatic carbocycles. The van der Waals surface area contributed by atoms with Crippen molar-refractivity contribution in [2.75, 3.05) is 41.0 Å². The molecule has 0 aliphatic heterocycles. The van der Waals surface area contributed by atoms with Gasteiger partial charge in [0.05, 0.1) is 40.1 Å². The van der Waals surface area contributed by atoms with Gasteiger partial charge in [-0.15, -0.1) is 0 Å². The van der Waals surface area contributed by atoms with Crippen molar-refractivity contribution in [3.8, 4) is 17.2 Å². The molecule has 0 bridgehead atoms. The number of aliphatic hydroxyl groups is 1. The third-order valence-corrected chi connectivity index (χ3v) is 4.24. The van der Waals surface area contributed by atoms with Crippen molar-refractivity contribution in [1.29, 1.82) is 0 Å². The normalized spacial score (nSPS) is 12.1. The molecule has 2 rings (SSSR count). The van der Waals surface area contributed by atoms with Crippen LogP contribution in [0.4, 0.5) is 0 Å². The highest BCUT2D eigenvalue weighted by Crippen LogP contribution is 2.28. The maximum atomic E-state index is 10.2. The van der Waals surface area contributed by atoms with Crippen molar-refractivity contribution in [3.05, 3.63) is 53.6 Å². The molecule has 0 radical (unpaired) electrons. The molecule has 0 amide bonds. The molecule has 2 aromatic rings. The van der Waals surface area contributed by atoms with Crippen LogP contribution in [0.2, 0.25) is 0 Å². The number of benzene rings is 2. The highest BCUT2D eigenvalue weighted by molar-refractivity contribution is 5.42. The van der Waals surface area contributed by atoms with Crippen LogP contribution >= 0.6 is 0 Å². The molecule has 0 unspecified atom stereocenters. The lowest BCUT2D eigenvalue weighted by Crippen LogP contribution is -2.31. The van der Waals surface area contributed by atoms with Gasteiger partial charge in [-0.2, -0.15) is 0 Å². The zero-order valence-corrected chi connectivity index (χ0v) is 17.2. The molecule has 0 saturated carbocycles. The highest BCUT2D eigenvalue weighted by Gasteiger charge is 2.11. The molecule has 6 heteroatoms. The molecule has 28 heavy (non-hydrogen) atoms. The summed E-state index contributed by atoms with van der Waals surface area (Å²) < 4.78 is 21.7. The van der Waals surface area contributed by atoms with Gasteiger partial charge in [-0.1, -0.05) is 18.2 Å². The number of hydrogen-bond donors (Lipinski definition) is 1. The number of ether oxygens (including phenoxy) is 4. The number of hydrogen-bond acceptors (Lipinski definition) is 6. The molecule has 0 fully saturated rings. The summed E-state index contributed by atoms with van der Waals surface area (Å²) in [5.41, 5.74) is 2.14. The van der Waals surface area contributed by atoms with Crippen LogP contribution in [0.1, 0.15) is 18.1 Å². The predicted molar refractivity (Wildman–Crippen MR) is 109 cm³/mol. The van der Waals surface area contributed by atoms with Gasteiger partial charge in [-0.05, 0) is 49.4 Å². The van der Waals surface area contributed by atoms with E-state index in [4.69, 9.17) is 18.9 Å². The van der Waals surface area contributed by atoms with Crippen molar-refractivity contribution < 1.29 is 24.1 Å². The molecule has 154 valence electrons. The summed E-state index contributed by atoms with van der Waals surface area (Å²) in [4.78, 5) is 2.05. The first-order valence-corrected chi connectivity index (χ1v) is 9.42. The molecular formula is C22H31NO5. The number of aliphatic hydroxyl groups excluding tert-OH is 1. The summed E-state index contributed by atoms with van der Waals surface area (Å²) in [6.45, 7) is 4.48. The maximum absolute atomic E-state index is 10.2. The molecule has 0 saturated heterocycles. The van der Waals surface area contributed by atoms with Crippen LogP contribution in [0.3, 0.4) is 0 Å². The van der Waals surface area contributed by atoms with E-state index in [1.54, 1.807) is 14.2 Å². The fraction of sp³-hybridized carbons (Fsp3) is 0.455. The summed E-state index contributed by atoms with van der Waals surface area (Å²) in [6, 6.07) is 13.6. The van der Waals surface area contributed by atoms with Gasteiger partial charge in [0.15, 0.2) is 11.5 Å². The number of rotatable bonds is 12. The summed E-state index contributed by atoms with van der Waals surface area (Å²) in [5.74, 6) is 2.27. The third-order valence-electron chi connectivity index (χ3n) is 4.24. The maximum Gasteiger partial charge on any atom is 0.161 e. The lowest BCUT2D eigenvalue weighted by Gasteiger charge is -2.21. The molecular weight excluding hydrogens is 358 g/mol. The van der Waals surface area contributed by atoms with Gasteiger partial charge >= 0.3 is 0 Å². The van der Waals surface area contributed by atoms with Gasteiger partial charge in [-0.3, -0.25) is 4.90 Å². The summed E-state index contributed by atoms with van der Waals surface area (Å²) in [5, 5.41) is 10.2. The molecule has 2 aromatic carbocycles. The monoisotopic (exact) mass is 389 g/mol. The van der Waals surface area contributed by atoms with Crippen LogP contribution in [0.15, 0.2) is 42.5 Å². The average molecular weight is 389 g/mol. The van der Waals surface area contributed by atoms with Crippen molar-refractivity contribution in [2.45, 2.75) is 26.2 Å². The summed E-state index contributed by atoms with van der Waals surface area (Å²) in [7, 11) is 5.24. The highest BCUT2D eigenvalue weighted by atomic mass is 16.5. The second-order valence-corrected chi connectivity index (χ2v) is 6.63. The first kappa shape index (κ1) is 22.0. The fourth-order valence-electron chi connectivity index (χ4n) is 2.91. The minimum absolute atomic E-state index is 0.281. The Morgan fingerprint density at radius 1 is 0.964 bits per heavy atom. The van der Waals surface area contributed by atoms with Crippen LogP contribution in [0.5, 0.6) is 17.2 Å². The van der Waals surface area contributed by atoms with E-state index in [1.165, 1.54) is 0 Å². The molecule has 6 nitrogen and oxygen atoms in total. The zero-order valence-electron chi connectivity index (χ0n) is 17.2. The third kappa shape index (κ3) is 7.03. The first-order chi connectivity index (χ1) is 13.5. The van der Waals surface area contributed by atoms with Gasteiger partial charge in [0, 0.05) is 13.1 Å². The van der Waals surface area contributed by atoms with E-state index in [0.717, 1.165) is 28.4 Å². The first-order valence-electron chi connectivity index (χ1n) is 9.42. The number of likely N-dealkylation sites (N-methyl/N-ethyl adjacent to an activating group) is 1. The predicted octanol–water partition coefficient (Wildman–Crippen LogP) is 3.11. The SMILES string of the molecule is CCOc1ccc(CN(C)C[C@H](O)COCc2ccc(OC)cc2)cc1OC. The molecule has 0 aliphatic rings. The second-order valence-electron chi connectivity index (χ2n) is 6.63. The van der Waals surface area contributed by atoms with Gasteiger partial charge in [-0.25, -0.2) is 0 Å². The Morgan fingerprint density at radius 2 is 1.68 bits per heavy atom. The average Bonchev–Trinajstić information content (AvgIpc) is 2.69. The molecule has 0 aromatic heterocycles. The number of methoxy groups -OCH3 is 2. The van der Waals surface area contributed by atoms with Crippen molar-refractivity contribution >= 4 is 0 Å². The lowest BCUT2D eigenvalue weighted by atomic mass is 10.2. The Bertz CT molecular complexity index is 705. The van der Waals surface area contributed by atoms with Crippen molar-refractivity contribution in [2.24, 2.45) is 0 Å². The van der Waals surface area contributed by atoms with Crippen LogP contribution < -0.4 is 14.2 Å². The topological polar surface area (TPSA) is 60.4 Å². The number of nitrogens with zero attached hydrogens (tertiary/aromatic N) is 1. The Morgan fingerprint density at radius 3 is 2.32 bits per heavy atom. The smallest absolute Gasteiger partial charge is 0.161 e. The van der Waals surface area contributed by atoms with Gasteiger partial charge in [0.2, 0.25) is 0 Å². The quantitative estimate of drug-likeness (QED) is 0.602. The molecule has 0 heterocycles. The van der Waals surface area contributed by atoms with E-state index in [0.29, 0.717) is 26.3 Å². The standard InChI is InChI=1S/C22H31NO5/c1-5-28-21-11-8-18(12-22(21)26-4)13-23(2)14-19(24)16-27-15-17-6-9-20(25-3)10-7-17/h6-12,19,24H,5,13-16H2,1-4H3/t19-/m0/s1. The van der Waals surface area contributed by atoms with Gasteiger partial charge in [0.25, 0.3) is 0 Å². The minimum Gasteiger partial charge on any atom is -0.497 e. The summed E-state index contributed by atoms with van der Waals surface area (Å²) >= 11 is 0. The van der Waals surface area contributed by atoms with Crippen LogP contribution in [-0.4, -0.2) is 57.1 Å². The Labute approximate surface area is 167 Å². The van der Waals surface area contributed by atoms with E-state index in [9.17, 15) is 5.11 Å². The Kier molecular flexibility index (Phi) is 9.07. The lowest BCUT2D eigenvalue weighted by molar-refractivity contribution is 0.0127. The molecule has 1 atom stereocenters. The van der Waals surface area contributed by atoms with E-state index in [2.05, 4.69) is 4.90 Å². The Balaban J connectivity index is 1.76. The van der Waals surface area contributed by atoms with E-state index >= 15 is 0 Å². The van der Waals surface area contributed by atoms with E-state index in [-0.39, 0.29) is 6.61 Å². The largest absolute Gasteiger partial charge is 0.497 e. The molecule has 1 N–H and O–H groups in total. The van der Waals surface area contributed by atoms with Crippen LogP contribution in [0.25, 0.3) is 0 Å². The Hall–Kier alpha value is -2.28. The van der Waals surface area contributed by atoms with Gasteiger partial charge in [0.1, 0.15) is 5.75 Å².